The number of hydrogen-bond donors (Lipinski definition) is 2. The molecule has 5 heteroatoms. The van der Waals surface area contributed by atoms with Crippen LogP contribution in [-0.4, -0.2) is 29.1 Å². The molecule has 0 bridgehead atoms. The van der Waals surface area contributed by atoms with Crippen LogP contribution in [0.2, 0.25) is 0 Å². The zero-order valence-electron chi connectivity index (χ0n) is 8.94. The average Bonchev–Trinajstić information content (AvgIpc) is 2.87. The van der Waals surface area contributed by atoms with E-state index in [2.05, 4.69) is 5.32 Å². The van der Waals surface area contributed by atoms with Crippen LogP contribution in [0.1, 0.15) is 22.5 Å². The summed E-state index contributed by atoms with van der Waals surface area (Å²) in [5.74, 6) is 2.75. The molecule has 1 aromatic heterocycles. The Kier molecular flexibility index (Phi) is 3.90. The van der Waals surface area contributed by atoms with Gasteiger partial charge in [-0.15, -0.1) is 0 Å². The number of rotatable bonds is 5. The van der Waals surface area contributed by atoms with Crippen molar-refractivity contribution in [3.8, 4) is 0 Å². The SMILES string of the molecule is O=C(O)c1ccoc1CNCC1CCSC1. The van der Waals surface area contributed by atoms with Crippen LogP contribution in [0.4, 0.5) is 0 Å². The van der Waals surface area contributed by atoms with Crippen LogP contribution in [0.3, 0.4) is 0 Å². The van der Waals surface area contributed by atoms with Crippen molar-refractivity contribution < 1.29 is 14.3 Å². The molecule has 16 heavy (non-hydrogen) atoms. The first-order chi connectivity index (χ1) is 7.77. The van der Waals surface area contributed by atoms with Gasteiger partial charge >= 0.3 is 5.97 Å². The molecule has 1 aliphatic heterocycles. The molecule has 88 valence electrons. The Morgan fingerprint density at radius 1 is 1.69 bits per heavy atom. The predicted molar refractivity (Wildman–Crippen MR) is 62.8 cm³/mol. The second kappa shape index (κ2) is 5.41. The fraction of sp³-hybridized carbons (Fsp3) is 0.545. The van der Waals surface area contributed by atoms with Crippen LogP contribution in [0, 0.1) is 5.92 Å². The molecule has 2 heterocycles. The zero-order valence-corrected chi connectivity index (χ0v) is 9.76. The quantitative estimate of drug-likeness (QED) is 0.823. The minimum absolute atomic E-state index is 0.258. The van der Waals surface area contributed by atoms with E-state index in [1.165, 1.54) is 30.3 Å². The Morgan fingerprint density at radius 3 is 3.25 bits per heavy atom. The molecule has 2 rings (SSSR count). The molecular formula is C11H15NO3S. The van der Waals surface area contributed by atoms with Gasteiger partial charge in [0.1, 0.15) is 11.3 Å². The lowest BCUT2D eigenvalue weighted by Crippen LogP contribution is -2.22. The van der Waals surface area contributed by atoms with Gasteiger partial charge in [0.05, 0.1) is 12.8 Å². The topological polar surface area (TPSA) is 62.5 Å². The van der Waals surface area contributed by atoms with Crippen LogP contribution in [0.25, 0.3) is 0 Å². The molecule has 2 N–H and O–H groups in total. The van der Waals surface area contributed by atoms with E-state index in [9.17, 15) is 4.79 Å². The van der Waals surface area contributed by atoms with E-state index in [1.54, 1.807) is 0 Å². The second-order valence-electron chi connectivity index (χ2n) is 3.92. The summed E-state index contributed by atoms with van der Waals surface area (Å²) in [6.07, 6.45) is 2.67. The van der Waals surface area contributed by atoms with Gasteiger partial charge in [0, 0.05) is 0 Å². The first kappa shape index (κ1) is 11.5. The molecule has 0 aromatic carbocycles. The van der Waals surface area contributed by atoms with Gasteiger partial charge in [-0.3, -0.25) is 0 Å². The van der Waals surface area contributed by atoms with Crippen LogP contribution >= 0.6 is 11.8 Å². The summed E-state index contributed by atoms with van der Waals surface area (Å²) in [5.41, 5.74) is 0.258. The molecule has 1 unspecified atom stereocenters. The first-order valence-corrected chi connectivity index (χ1v) is 6.51. The second-order valence-corrected chi connectivity index (χ2v) is 5.07. The smallest absolute Gasteiger partial charge is 0.339 e. The summed E-state index contributed by atoms with van der Waals surface area (Å²) in [5, 5.41) is 12.1. The molecule has 0 radical (unpaired) electrons. The van der Waals surface area contributed by atoms with E-state index in [0.29, 0.717) is 18.2 Å². The number of nitrogens with one attached hydrogen (secondary N) is 1. The fourth-order valence-corrected chi connectivity index (χ4v) is 3.09. The maximum atomic E-state index is 10.8. The number of aromatic carboxylic acids is 1. The van der Waals surface area contributed by atoms with E-state index in [-0.39, 0.29) is 5.56 Å². The molecular weight excluding hydrogens is 226 g/mol. The molecule has 0 amide bonds. The largest absolute Gasteiger partial charge is 0.478 e. The first-order valence-electron chi connectivity index (χ1n) is 5.35. The Balaban J connectivity index is 1.80. The van der Waals surface area contributed by atoms with Crippen molar-refractivity contribution in [2.75, 3.05) is 18.1 Å². The standard InChI is InChI=1S/C11H15NO3S/c13-11(14)9-1-3-15-10(9)6-12-5-8-2-4-16-7-8/h1,3,8,12H,2,4-7H2,(H,13,14). The number of thioether (sulfide) groups is 1. The summed E-state index contributed by atoms with van der Waals surface area (Å²) < 4.78 is 5.14. The summed E-state index contributed by atoms with van der Waals surface area (Å²) >= 11 is 1.98. The van der Waals surface area contributed by atoms with E-state index >= 15 is 0 Å². The molecule has 0 saturated carbocycles. The lowest BCUT2D eigenvalue weighted by molar-refractivity contribution is 0.0694. The highest BCUT2D eigenvalue weighted by Gasteiger charge is 2.16. The predicted octanol–water partition coefficient (Wildman–Crippen LogP) is 1.82. The van der Waals surface area contributed by atoms with Crippen molar-refractivity contribution in [1.29, 1.82) is 0 Å². The van der Waals surface area contributed by atoms with E-state index < -0.39 is 5.97 Å². The van der Waals surface area contributed by atoms with Crippen molar-refractivity contribution >= 4 is 17.7 Å². The Labute approximate surface area is 98.4 Å². The molecule has 0 spiro atoms. The van der Waals surface area contributed by atoms with Crippen molar-refractivity contribution in [3.05, 3.63) is 23.7 Å². The van der Waals surface area contributed by atoms with Crippen LogP contribution < -0.4 is 5.32 Å². The van der Waals surface area contributed by atoms with Crippen LogP contribution in [0.15, 0.2) is 16.7 Å². The van der Waals surface area contributed by atoms with Gasteiger partial charge in [-0.05, 0) is 36.5 Å². The number of furan rings is 1. The van der Waals surface area contributed by atoms with Gasteiger partial charge in [0.15, 0.2) is 0 Å². The molecule has 1 atom stereocenters. The van der Waals surface area contributed by atoms with Gasteiger partial charge in [-0.25, -0.2) is 4.79 Å². The van der Waals surface area contributed by atoms with Crippen molar-refractivity contribution in [2.45, 2.75) is 13.0 Å². The molecule has 4 nitrogen and oxygen atoms in total. The molecule has 1 aromatic rings. The van der Waals surface area contributed by atoms with E-state index in [1.807, 2.05) is 11.8 Å². The molecule has 1 saturated heterocycles. The number of hydrogen-bond acceptors (Lipinski definition) is 4. The third kappa shape index (κ3) is 2.80. The Hall–Kier alpha value is -0.940. The molecule has 0 aliphatic carbocycles. The highest BCUT2D eigenvalue weighted by Crippen LogP contribution is 2.22. The van der Waals surface area contributed by atoms with Gasteiger partial charge in [0.2, 0.25) is 0 Å². The van der Waals surface area contributed by atoms with Crippen LogP contribution in [-0.2, 0) is 6.54 Å². The number of carboxylic acids is 1. The van der Waals surface area contributed by atoms with Crippen LogP contribution in [0.5, 0.6) is 0 Å². The Morgan fingerprint density at radius 2 is 2.56 bits per heavy atom. The minimum atomic E-state index is -0.929. The normalized spacial score (nSPS) is 20.1. The highest BCUT2D eigenvalue weighted by molar-refractivity contribution is 7.99. The molecule has 1 fully saturated rings. The summed E-state index contributed by atoms with van der Waals surface area (Å²) in [4.78, 5) is 10.8. The minimum Gasteiger partial charge on any atom is -0.478 e. The number of carbonyl (C=O) groups is 1. The van der Waals surface area contributed by atoms with E-state index in [4.69, 9.17) is 9.52 Å². The van der Waals surface area contributed by atoms with Gasteiger partial charge in [0.25, 0.3) is 0 Å². The number of carboxylic acid groups (broad SMARTS) is 1. The summed E-state index contributed by atoms with van der Waals surface area (Å²) in [6, 6.07) is 1.49. The summed E-state index contributed by atoms with van der Waals surface area (Å²) in [6.45, 7) is 1.43. The van der Waals surface area contributed by atoms with Gasteiger partial charge < -0.3 is 14.8 Å². The van der Waals surface area contributed by atoms with Crippen molar-refractivity contribution in [1.82, 2.24) is 5.32 Å². The van der Waals surface area contributed by atoms with Crippen molar-refractivity contribution in [3.63, 3.8) is 0 Å². The van der Waals surface area contributed by atoms with Gasteiger partial charge in [-0.2, -0.15) is 11.8 Å². The third-order valence-electron chi connectivity index (χ3n) is 2.72. The van der Waals surface area contributed by atoms with Gasteiger partial charge in [-0.1, -0.05) is 0 Å². The third-order valence-corrected chi connectivity index (χ3v) is 3.95. The molecule has 1 aliphatic rings. The maximum absolute atomic E-state index is 10.8. The zero-order chi connectivity index (χ0) is 11.4. The highest BCUT2D eigenvalue weighted by atomic mass is 32.2. The lowest BCUT2D eigenvalue weighted by Gasteiger charge is -2.08. The summed E-state index contributed by atoms with van der Waals surface area (Å²) in [7, 11) is 0. The average molecular weight is 241 g/mol. The monoisotopic (exact) mass is 241 g/mol. The lowest BCUT2D eigenvalue weighted by atomic mass is 10.1. The van der Waals surface area contributed by atoms with E-state index in [0.717, 1.165) is 6.54 Å². The Bertz CT molecular complexity index is 358. The maximum Gasteiger partial charge on any atom is 0.339 e. The van der Waals surface area contributed by atoms with Crippen molar-refractivity contribution in [2.24, 2.45) is 5.92 Å². The fourth-order valence-electron chi connectivity index (χ4n) is 1.80.